The minimum Gasteiger partial charge on any atom is -0.371 e. The van der Waals surface area contributed by atoms with Gasteiger partial charge in [0.1, 0.15) is 5.82 Å². The fraction of sp³-hybridized carbons (Fsp3) is 0.462. The lowest BCUT2D eigenvalue weighted by molar-refractivity contribution is -0.115. The number of nitrogens with two attached hydrogens (primary N) is 1. The summed E-state index contributed by atoms with van der Waals surface area (Å²) in [5.41, 5.74) is 6.33. The smallest absolute Gasteiger partial charge is 0.227 e. The lowest BCUT2D eigenvalue weighted by Crippen LogP contribution is -2.17. The predicted molar refractivity (Wildman–Crippen MR) is 75.6 cm³/mol. The second-order valence-corrected chi connectivity index (χ2v) is 4.57. The monoisotopic (exact) mass is 270 g/mol. The number of carbonyl (C=O) groups is 1. The van der Waals surface area contributed by atoms with Crippen LogP contribution >= 0.6 is 12.6 Å². The molecule has 2 rings (SSSR count). The van der Waals surface area contributed by atoms with Gasteiger partial charge in [-0.3, -0.25) is 4.79 Å². The van der Waals surface area contributed by atoms with Gasteiger partial charge in [-0.2, -0.15) is 12.6 Å². The number of primary amides is 1. The molecular formula is C13H19FN2OS. The lowest BCUT2D eigenvalue weighted by Gasteiger charge is -2.17. The van der Waals surface area contributed by atoms with Gasteiger partial charge in [0, 0.05) is 18.8 Å². The third-order valence-corrected chi connectivity index (χ3v) is 3.09. The summed E-state index contributed by atoms with van der Waals surface area (Å²) in [6.45, 7) is 3.94. The number of nitrogens with zero attached hydrogens (tertiary/aromatic N) is 1. The van der Waals surface area contributed by atoms with Crippen molar-refractivity contribution in [3.63, 3.8) is 0 Å². The topological polar surface area (TPSA) is 46.3 Å². The third-order valence-electron chi connectivity index (χ3n) is 2.78. The predicted octanol–water partition coefficient (Wildman–Crippen LogP) is 2.14. The molecule has 3 nitrogen and oxygen atoms in total. The van der Waals surface area contributed by atoms with E-state index in [4.69, 9.17) is 0 Å². The van der Waals surface area contributed by atoms with Crippen molar-refractivity contribution in [3.05, 3.63) is 29.6 Å². The molecule has 1 fully saturated rings. The first kappa shape index (κ1) is 14.8. The van der Waals surface area contributed by atoms with Crippen molar-refractivity contribution in [2.45, 2.75) is 19.8 Å². The molecule has 5 heteroatoms. The van der Waals surface area contributed by atoms with E-state index in [0.717, 1.165) is 24.3 Å². The summed E-state index contributed by atoms with van der Waals surface area (Å²) in [7, 11) is 0. The fourth-order valence-electron chi connectivity index (χ4n) is 1.75. The van der Waals surface area contributed by atoms with E-state index in [1.807, 2.05) is 12.1 Å². The molecule has 0 atom stereocenters. The van der Waals surface area contributed by atoms with E-state index < -0.39 is 0 Å². The average Bonchev–Trinajstić information content (AvgIpc) is 2.87. The maximum Gasteiger partial charge on any atom is 0.227 e. The minimum absolute atomic E-state index is 0.0931. The van der Waals surface area contributed by atoms with E-state index in [-0.39, 0.29) is 17.5 Å². The number of carbonyl (C=O) groups excluding carboxylic acids is 1. The van der Waals surface area contributed by atoms with Gasteiger partial charge in [-0.15, -0.1) is 0 Å². The zero-order valence-electron chi connectivity index (χ0n) is 10.5. The van der Waals surface area contributed by atoms with E-state index >= 15 is 0 Å². The molecule has 1 aromatic carbocycles. The molecule has 1 amide bonds. The van der Waals surface area contributed by atoms with Crippen LogP contribution < -0.4 is 10.6 Å². The molecule has 18 heavy (non-hydrogen) atoms. The number of halogens is 1. The van der Waals surface area contributed by atoms with Crippen LogP contribution in [0.4, 0.5) is 10.1 Å². The first-order chi connectivity index (χ1) is 8.54. The highest BCUT2D eigenvalue weighted by Gasteiger charge is 2.12. The van der Waals surface area contributed by atoms with E-state index in [1.54, 1.807) is 13.0 Å². The molecule has 100 valence electrons. The number of rotatable bonds is 2. The Morgan fingerprint density at radius 3 is 2.44 bits per heavy atom. The van der Waals surface area contributed by atoms with Crippen molar-refractivity contribution in [1.82, 2.24) is 0 Å². The molecule has 1 saturated heterocycles. The summed E-state index contributed by atoms with van der Waals surface area (Å²) in [5.74, 6) is -0.335. The van der Waals surface area contributed by atoms with Crippen LogP contribution in [0.1, 0.15) is 18.4 Å². The van der Waals surface area contributed by atoms with Crippen LogP contribution in [0.25, 0.3) is 0 Å². The Hall–Kier alpha value is -1.23. The molecule has 0 radical (unpaired) electrons. The van der Waals surface area contributed by atoms with Gasteiger partial charge in [0.05, 0.1) is 5.75 Å². The number of anilines is 1. The normalized spacial score (nSPS) is 14.1. The zero-order valence-corrected chi connectivity index (χ0v) is 11.4. The number of hydrogen-bond acceptors (Lipinski definition) is 3. The van der Waals surface area contributed by atoms with Crippen LogP contribution in [0.15, 0.2) is 18.2 Å². The standard InChI is InChI=1S/C11H14FN.C2H5NOS/c1-9-4-5-10(8-11(9)12)13-6-2-3-7-13;3-2(4)1-5/h4-5,8H,2-3,6-7H2,1H3;5H,1H2,(H2,3,4). The lowest BCUT2D eigenvalue weighted by atomic mass is 10.2. The quantitative estimate of drug-likeness (QED) is 0.809. The van der Waals surface area contributed by atoms with Crippen molar-refractivity contribution in [3.8, 4) is 0 Å². The van der Waals surface area contributed by atoms with E-state index in [0.29, 0.717) is 0 Å². The third kappa shape index (κ3) is 4.56. The maximum atomic E-state index is 13.2. The van der Waals surface area contributed by atoms with Crippen molar-refractivity contribution < 1.29 is 9.18 Å². The summed E-state index contributed by atoms with van der Waals surface area (Å²) in [4.78, 5) is 11.8. The van der Waals surface area contributed by atoms with Gasteiger partial charge in [0.2, 0.25) is 5.91 Å². The summed E-state index contributed by atoms with van der Waals surface area (Å²) in [6.07, 6.45) is 2.46. The second kappa shape index (κ2) is 7.26. The Morgan fingerprint density at radius 2 is 2.00 bits per heavy atom. The number of hydrogen-bond donors (Lipinski definition) is 2. The Bertz CT molecular complexity index is 406. The molecule has 1 aliphatic heterocycles. The van der Waals surface area contributed by atoms with Gasteiger partial charge < -0.3 is 10.6 Å². The summed E-state index contributed by atoms with van der Waals surface area (Å²) in [6, 6.07) is 5.49. The molecule has 0 spiro atoms. The number of benzene rings is 1. The highest BCUT2D eigenvalue weighted by Crippen LogP contribution is 2.22. The summed E-state index contributed by atoms with van der Waals surface area (Å²) in [5, 5.41) is 0. The van der Waals surface area contributed by atoms with Crippen molar-refractivity contribution in [2.24, 2.45) is 5.73 Å². The second-order valence-electron chi connectivity index (χ2n) is 4.25. The van der Waals surface area contributed by atoms with Crippen molar-refractivity contribution in [1.29, 1.82) is 0 Å². The van der Waals surface area contributed by atoms with Crippen LogP contribution in [0.5, 0.6) is 0 Å². The SMILES string of the molecule is Cc1ccc(N2CCCC2)cc1F.NC(=O)CS. The largest absolute Gasteiger partial charge is 0.371 e. The highest BCUT2D eigenvalue weighted by atomic mass is 32.1. The highest BCUT2D eigenvalue weighted by molar-refractivity contribution is 7.81. The molecule has 1 heterocycles. The van der Waals surface area contributed by atoms with Gasteiger partial charge >= 0.3 is 0 Å². The molecule has 1 aromatic rings. The molecule has 0 aliphatic carbocycles. The van der Waals surface area contributed by atoms with Gasteiger partial charge in [-0.1, -0.05) is 6.07 Å². The van der Waals surface area contributed by atoms with Crippen LogP contribution in [-0.4, -0.2) is 24.7 Å². The Kier molecular flexibility index (Phi) is 5.98. The Balaban J connectivity index is 0.000000280. The van der Waals surface area contributed by atoms with Gasteiger partial charge in [-0.25, -0.2) is 4.39 Å². The minimum atomic E-state index is -0.381. The fourth-order valence-corrected chi connectivity index (χ4v) is 1.75. The van der Waals surface area contributed by atoms with E-state index in [1.165, 1.54) is 12.8 Å². The Labute approximate surface area is 113 Å². The molecule has 0 aromatic heterocycles. The zero-order chi connectivity index (χ0) is 13.5. The van der Waals surface area contributed by atoms with Gasteiger partial charge in [-0.05, 0) is 37.5 Å². The molecule has 0 unspecified atom stereocenters. The summed E-state index contributed by atoms with van der Waals surface area (Å²) < 4.78 is 13.2. The van der Waals surface area contributed by atoms with Crippen molar-refractivity contribution in [2.75, 3.05) is 23.7 Å². The number of amides is 1. The Morgan fingerprint density at radius 1 is 1.44 bits per heavy atom. The van der Waals surface area contributed by atoms with Crippen LogP contribution in [0.3, 0.4) is 0 Å². The molecular weight excluding hydrogens is 251 g/mol. The summed E-state index contributed by atoms with van der Waals surface area (Å²) >= 11 is 3.54. The number of aryl methyl sites for hydroxylation is 1. The van der Waals surface area contributed by atoms with E-state index in [2.05, 4.69) is 23.3 Å². The average molecular weight is 270 g/mol. The molecule has 1 aliphatic rings. The first-order valence-electron chi connectivity index (χ1n) is 5.95. The number of thiol groups is 1. The first-order valence-corrected chi connectivity index (χ1v) is 6.58. The maximum absolute atomic E-state index is 13.2. The van der Waals surface area contributed by atoms with Crippen molar-refractivity contribution >= 4 is 24.2 Å². The van der Waals surface area contributed by atoms with Crippen LogP contribution in [-0.2, 0) is 4.79 Å². The van der Waals surface area contributed by atoms with E-state index in [9.17, 15) is 9.18 Å². The molecule has 2 N–H and O–H groups in total. The van der Waals surface area contributed by atoms with Gasteiger partial charge in [0.15, 0.2) is 0 Å². The van der Waals surface area contributed by atoms with Gasteiger partial charge in [0.25, 0.3) is 0 Å². The molecule has 0 saturated carbocycles. The van der Waals surface area contributed by atoms with Crippen LogP contribution in [0, 0.1) is 12.7 Å². The van der Waals surface area contributed by atoms with Crippen LogP contribution in [0.2, 0.25) is 0 Å². The molecule has 0 bridgehead atoms.